The molecular weight excluding hydrogens is 260 g/mol. The Bertz CT molecular complexity index is 426. The van der Waals surface area contributed by atoms with E-state index < -0.39 is 5.97 Å². The van der Waals surface area contributed by atoms with Crippen LogP contribution in [-0.2, 0) is 9.47 Å². The second-order valence-corrected chi connectivity index (χ2v) is 4.08. The molecule has 0 aromatic carbocycles. The molecule has 1 aromatic heterocycles. The zero-order valence-electron chi connectivity index (χ0n) is 12.2. The van der Waals surface area contributed by atoms with Crippen molar-refractivity contribution in [3.8, 4) is 0 Å². The van der Waals surface area contributed by atoms with Gasteiger partial charge in [0.25, 0.3) is 0 Å². The molecule has 0 aliphatic heterocycles. The van der Waals surface area contributed by atoms with E-state index in [1.54, 1.807) is 21.0 Å². The summed E-state index contributed by atoms with van der Waals surface area (Å²) in [6.07, 6.45) is 1.49. The van der Waals surface area contributed by atoms with Gasteiger partial charge in [0.15, 0.2) is 0 Å². The van der Waals surface area contributed by atoms with E-state index in [1.807, 2.05) is 0 Å². The van der Waals surface area contributed by atoms with E-state index in [4.69, 9.17) is 9.47 Å². The topological polar surface area (TPSA) is 85.4 Å². The second-order valence-electron chi connectivity index (χ2n) is 4.08. The smallest absolute Gasteiger partial charge is 0.341 e. The maximum absolute atomic E-state index is 11.6. The molecule has 0 atom stereocenters. The van der Waals surface area contributed by atoms with Crippen LogP contribution in [0.25, 0.3) is 0 Å². The van der Waals surface area contributed by atoms with Gasteiger partial charge in [-0.15, -0.1) is 0 Å². The monoisotopic (exact) mass is 282 g/mol. The molecule has 112 valence electrons. The minimum absolute atomic E-state index is 0.339. The molecule has 1 aromatic rings. The first-order valence-electron chi connectivity index (χ1n) is 6.63. The van der Waals surface area contributed by atoms with Crippen molar-refractivity contribution in [3.05, 3.63) is 17.5 Å². The molecule has 0 saturated carbocycles. The molecule has 7 heteroatoms. The third-order valence-electron chi connectivity index (χ3n) is 2.54. The standard InChI is InChI=1S/C13H22N4O3/c1-4-20-12(18)11-9-16-13(17-10(11)2)15-6-5-14-7-8-19-3/h9,14H,4-8H2,1-3H3,(H,15,16,17). The van der Waals surface area contributed by atoms with E-state index >= 15 is 0 Å². The molecular formula is C13H22N4O3. The van der Waals surface area contributed by atoms with Gasteiger partial charge in [0.2, 0.25) is 5.95 Å². The first-order valence-corrected chi connectivity index (χ1v) is 6.63. The molecule has 1 heterocycles. The van der Waals surface area contributed by atoms with E-state index in [2.05, 4.69) is 20.6 Å². The van der Waals surface area contributed by atoms with Crippen molar-refractivity contribution >= 4 is 11.9 Å². The molecule has 0 amide bonds. The number of hydrogen-bond donors (Lipinski definition) is 2. The lowest BCUT2D eigenvalue weighted by atomic mass is 10.2. The lowest BCUT2D eigenvalue weighted by Crippen LogP contribution is -2.26. The number of carbonyl (C=O) groups is 1. The highest BCUT2D eigenvalue weighted by molar-refractivity contribution is 5.90. The van der Waals surface area contributed by atoms with Crippen LogP contribution in [0.5, 0.6) is 0 Å². The van der Waals surface area contributed by atoms with E-state index in [-0.39, 0.29) is 0 Å². The number of carbonyl (C=O) groups excluding carboxylic acids is 1. The Hall–Kier alpha value is -1.73. The van der Waals surface area contributed by atoms with E-state index in [0.29, 0.717) is 37.0 Å². The van der Waals surface area contributed by atoms with Gasteiger partial charge in [-0.1, -0.05) is 0 Å². The fourth-order valence-electron chi connectivity index (χ4n) is 1.52. The molecule has 0 unspecified atom stereocenters. The van der Waals surface area contributed by atoms with Gasteiger partial charge in [-0.05, 0) is 13.8 Å². The Balaban J connectivity index is 2.41. The largest absolute Gasteiger partial charge is 0.462 e. The van der Waals surface area contributed by atoms with Crippen LogP contribution < -0.4 is 10.6 Å². The predicted octanol–water partition coefficient (Wildman–Crippen LogP) is 0.610. The minimum atomic E-state index is -0.391. The summed E-state index contributed by atoms with van der Waals surface area (Å²) in [5.74, 6) is 0.113. The summed E-state index contributed by atoms with van der Waals surface area (Å²) in [6.45, 7) is 6.83. The van der Waals surface area contributed by atoms with Crippen molar-refractivity contribution < 1.29 is 14.3 Å². The van der Waals surface area contributed by atoms with Crippen molar-refractivity contribution in [1.82, 2.24) is 15.3 Å². The zero-order chi connectivity index (χ0) is 14.8. The lowest BCUT2D eigenvalue weighted by molar-refractivity contribution is 0.0524. The van der Waals surface area contributed by atoms with Crippen LogP contribution >= 0.6 is 0 Å². The van der Waals surface area contributed by atoms with Gasteiger partial charge in [-0.2, -0.15) is 0 Å². The van der Waals surface area contributed by atoms with Gasteiger partial charge < -0.3 is 20.1 Å². The van der Waals surface area contributed by atoms with Crippen LogP contribution in [0.3, 0.4) is 0 Å². The van der Waals surface area contributed by atoms with Gasteiger partial charge in [-0.3, -0.25) is 0 Å². The van der Waals surface area contributed by atoms with Crippen molar-refractivity contribution in [2.75, 3.05) is 45.3 Å². The Labute approximate surface area is 119 Å². The molecule has 0 bridgehead atoms. The van der Waals surface area contributed by atoms with Crippen LogP contribution in [0.2, 0.25) is 0 Å². The van der Waals surface area contributed by atoms with E-state index in [0.717, 1.165) is 13.1 Å². The van der Waals surface area contributed by atoms with Crippen molar-refractivity contribution in [2.45, 2.75) is 13.8 Å². The van der Waals surface area contributed by atoms with Crippen molar-refractivity contribution in [1.29, 1.82) is 0 Å². The molecule has 0 aliphatic rings. The second kappa shape index (κ2) is 9.22. The number of nitrogens with one attached hydrogen (secondary N) is 2. The van der Waals surface area contributed by atoms with E-state index in [1.165, 1.54) is 6.20 Å². The number of aryl methyl sites for hydroxylation is 1. The Morgan fingerprint density at radius 2 is 2.15 bits per heavy atom. The average Bonchev–Trinajstić information content (AvgIpc) is 2.43. The molecule has 7 nitrogen and oxygen atoms in total. The summed E-state index contributed by atoms with van der Waals surface area (Å²) in [7, 11) is 1.67. The maximum atomic E-state index is 11.6. The molecule has 0 aliphatic carbocycles. The molecule has 2 N–H and O–H groups in total. The molecule has 20 heavy (non-hydrogen) atoms. The van der Waals surface area contributed by atoms with Crippen molar-refractivity contribution in [2.24, 2.45) is 0 Å². The highest BCUT2D eigenvalue weighted by atomic mass is 16.5. The number of hydrogen-bond acceptors (Lipinski definition) is 7. The number of ether oxygens (including phenoxy) is 2. The molecule has 0 radical (unpaired) electrons. The van der Waals surface area contributed by atoms with Gasteiger partial charge in [0.1, 0.15) is 0 Å². The predicted molar refractivity (Wildman–Crippen MR) is 76.0 cm³/mol. The molecule has 1 rings (SSSR count). The third-order valence-corrected chi connectivity index (χ3v) is 2.54. The SMILES string of the molecule is CCOC(=O)c1cnc(NCCNCCOC)nc1C. The van der Waals surface area contributed by atoms with Gasteiger partial charge >= 0.3 is 5.97 Å². The summed E-state index contributed by atoms with van der Waals surface area (Å²) in [4.78, 5) is 19.9. The van der Waals surface area contributed by atoms with Crippen LogP contribution in [0.4, 0.5) is 5.95 Å². The highest BCUT2D eigenvalue weighted by Gasteiger charge is 2.12. The summed E-state index contributed by atoms with van der Waals surface area (Å²) >= 11 is 0. The Morgan fingerprint density at radius 3 is 2.80 bits per heavy atom. The van der Waals surface area contributed by atoms with Crippen LogP contribution in [-0.4, -0.2) is 55.9 Å². The Kier molecular flexibility index (Phi) is 7.52. The summed E-state index contributed by atoms with van der Waals surface area (Å²) in [5.41, 5.74) is 1.00. The quantitative estimate of drug-likeness (QED) is 0.507. The van der Waals surface area contributed by atoms with Gasteiger partial charge in [0, 0.05) is 32.9 Å². The number of nitrogens with zero attached hydrogens (tertiary/aromatic N) is 2. The zero-order valence-corrected chi connectivity index (χ0v) is 12.2. The van der Waals surface area contributed by atoms with Gasteiger partial charge in [0.05, 0.1) is 24.5 Å². The summed E-state index contributed by atoms with van der Waals surface area (Å²) < 4.78 is 9.85. The molecule has 0 fully saturated rings. The number of anilines is 1. The normalized spacial score (nSPS) is 10.3. The number of methoxy groups -OCH3 is 1. The van der Waals surface area contributed by atoms with Crippen LogP contribution in [0.1, 0.15) is 23.0 Å². The Morgan fingerprint density at radius 1 is 1.35 bits per heavy atom. The van der Waals surface area contributed by atoms with Crippen molar-refractivity contribution in [3.63, 3.8) is 0 Å². The number of aromatic nitrogens is 2. The van der Waals surface area contributed by atoms with Gasteiger partial charge in [-0.25, -0.2) is 14.8 Å². The average molecular weight is 282 g/mol. The van der Waals surface area contributed by atoms with Crippen LogP contribution in [0, 0.1) is 6.92 Å². The molecule has 0 saturated heterocycles. The maximum Gasteiger partial charge on any atom is 0.341 e. The number of rotatable bonds is 9. The molecule has 0 spiro atoms. The lowest BCUT2D eigenvalue weighted by Gasteiger charge is -2.08. The first kappa shape index (κ1) is 16.3. The minimum Gasteiger partial charge on any atom is -0.462 e. The van der Waals surface area contributed by atoms with Crippen LogP contribution in [0.15, 0.2) is 6.20 Å². The fraction of sp³-hybridized carbons (Fsp3) is 0.615. The fourth-order valence-corrected chi connectivity index (χ4v) is 1.52. The summed E-state index contributed by atoms with van der Waals surface area (Å²) in [6, 6.07) is 0. The highest BCUT2D eigenvalue weighted by Crippen LogP contribution is 2.08. The van der Waals surface area contributed by atoms with E-state index in [9.17, 15) is 4.79 Å². The third kappa shape index (κ3) is 5.50. The number of esters is 1. The summed E-state index contributed by atoms with van der Waals surface area (Å²) in [5, 5.41) is 6.28. The first-order chi connectivity index (χ1) is 9.69.